The molecule has 3 atom stereocenters. The highest BCUT2D eigenvalue weighted by Crippen LogP contribution is 2.20. The Bertz CT molecular complexity index is 1030. The number of nitrogens with one attached hydrogen (secondary N) is 4. The number of hydrogen-bond acceptors (Lipinski definition) is 7. The Morgan fingerprint density at radius 2 is 1.78 bits per heavy atom. The van der Waals surface area contributed by atoms with Crippen molar-refractivity contribution in [2.45, 2.75) is 71.5 Å². The van der Waals surface area contributed by atoms with Crippen LogP contribution in [-0.4, -0.2) is 92.7 Å². The van der Waals surface area contributed by atoms with Crippen molar-refractivity contribution in [3.63, 3.8) is 0 Å². The average Bonchev–Trinajstić information content (AvgIpc) is 2.94. The number of fused-ring (bicyclic) bond motifs is 1. The number of carbonyl (C=O) groups excluding carboxylic acids is 4. The van der Waals surface area contributed by atoms with Gasteiger partial charge >= 0.3 is 0 Å². The van der Waals surface area contributed by atoms with Gasteiger partial charge in [-0.05, 0) is 49.8 Å². The van der Waals surface area contributed by atoms with Crippen molar-refractivity contribution in [3.05, 3.63) is 29.8 Å². The number of ether oxygens (including phenoxy) is 2. The maximum Gasteiger partial charge on any atom is 0.255 e. The van der Waals surface area contributed by atoms with Crippen LogP contribution in [0.3, 0.4) is 0 Å². The third-order valence-electron chi connectivity index (χ3n) is 7.28. The van der Waals surface area contributed by atoms with E-state index in [-0.39, 0.29) is 60.6 Å². The maximum atomic E-state index is 13.4. The van der Waals surface area contributed by atoms with Crippen molar-refractivity contribution in [2.75, 3.05) is 46.0 Å². The van der Waals surface area contributed by atoms with Gasteiger partial charge in [-0.15, -0.1) is 0 Å². The van der Waals surface area contributed by atoms with Gasteiger partial charge in [-0.2, -0.15) is 0 Å². The van der Waals surface area contributed by atoms with E-state index in [1.165, 1.54) is 0 Å². The second-order valence-electron chi connectivity index (χ2n) is 11.6. The molecule has 2 aliphatic heterocycles. The van der Waals surface area contributed by atoms with E-state index in [1.807, 2.05) is 13.8 Å². The first-order valence-corrected chi connectivity index (χ1v) is 14.8. The molecule has 228 valence electrons. The van der Waals surface area contributed by atoms with Crippen molar-refractivity contribution in [2.24, 2.45) is 11.8 Å². The predicted molar refractivity (Wildman–Crippen MR) is 155 cm³/mol. The number of amides is 4. The molecule has 41 heavy (non-hydrogen) atoms. The van der Waals surface area contributed by atoms with Crippen molar-refractivity contribution < 1.29 is 28.7 Å². The summed E-state index contributed by atoms with van der Waals surface area (Å²) >= 11 is 0. The molecule has 0 bridgehead atoms. The van der Waals surface area contributed by atoms with Crippen LogP contribution in [0.1, 0.15) is 63.7 Å². The smallest absolute Gasteiger partial charge is 0.255 e. The van der Waals surface area contributed by atoms with Gasteiger partial charge in [0.1, 0.15) is 24.4 Å². The minimum Gasteiger partial charge on any atom is -0.491 e. The lowest BCUT2D eigenvalue weighted by atomic mass is 10.00. The highest BCUT2D eigenvalue weighted by atomic mass is 16.5. The van der Waals surface area contributed by atoms with Crippen LogP contribution in [0.25, 0.3) is 0 Å². The van der Waals surface area contributed by atoms with Gasteiger partial charge in [0.25, 0.3) is 5.91 Å². The Labute approximate surface area is 243 Å². The highest BCUT2D eigenvalue weighted by molar-refractivity contribution is 5.99. The molecule has 2 heterocycles. The summed E-state index contributed by atoms with van der Waals surface area (Å²) in [4.78, 5) is 55.0. The van der Waals surface area contributed by atoms with Crippen LogP contribution in [0.15, 0.2) is 24.3 Å². The van der Waals surface area contributed by atoms with Gasteiger partial charge in [-0.25, -0.2) is 0 Å². The summed E-state index contributed by atoms with van der Waals surface area (Å²) in [7, 11) is 0. The molecule has 4 amide bonds. The van der Waals surface area contributed by atoms with Crippen molar-refractivity contribution in [1.29, 1.82) is 0 Å². The van der Waals surface area contributed by atoms with Gasteiger partial charge in [-0.3, -0.25) is 24.1 Å². The fraction of sp³-hybridized carbons (Fsp3) is 0.667. The molecule has 1 aromatic rings. The summed E-state index contributed by atoms with van der Waals surface area (Å²) in [6.07, 6.45) is 1.47. The van der Waals surface area contributed by atoms with Crippen LogP contribution in [0.2, 0.25) is 0 Å². The second-order valence-corrected chi connectivity index (χ2v) is 11.6. The molecule has 1 aromatic carbocycles. The first-order valence-electron chi connectivity index (χ1n) is 14.8. The zero-order valence-electron chi connectivity index (χ0n) is 24.9. The third-order valence-corrected chi connectivity index (χ3v) is 7.28. The summed E-state index contributed by atoms with van der Waals surface area (Å²) in [6, 6.07) is 4.84. The van der Waals surface area contributed by atoms with Crippen LogP contribution < -0.4 is 26.0 Å². The number of para-hydroxylation sites is 1. The highest BCUT2D eigenvalue weighted by Gasteiger charge is 2.29. The van der Waals surface area contributed by atoms with Gasteiger partial charge in [0.15, 0.2) is 0 Å². The first kappa shape index (κ1) is 32.3. The molecule has 11 heteroatoms. The molecule has 2 aliphatic rings. The van der Waals surface area contributed by atoms with Gasteiger partial charge in [0.2, 0.25) is 17.7 Å². The van der Waals surface area contributed by atoms with Crippen LogP contribution >= 0.6 is 0 Å². The quantitative estimate of drug-likeness (QED) is 0.346. The fourth-order valence-electron chi connectivity index (χ4n) is 5.02. The number of hydrogen-bond donors (Lipinski definition) is 4. The molecule has 1 saturated heterocycles. The molecule has 0 saturated carbocycles. The molecule has 4 N–H and O–H groups in total. The topological polar surface area (TPSA) is 138 Å². The maximum absolute atomic E-state index is 13.4. The number of benzene rings is 1. The van der Waals surface area contributed by atoms with E-state index in [9.17, 15) is 19.2 Å². The summed E-state index contributed by atoms with van der Waals surface area (Å²) in [6.45, 7) is 12.5. The first-order chi connectivity index (χ1) is 19.6. The van der Waals surface area contributed by atoms with Gasteiger partial charge in [0.05, 0.1) is 24.8 Å². The average molecular weight is 574 g/mol. The van der Waals surface area contributed by atoms with E-state index in [0.717, 1.165) is 26.1 Å². The van der Waals surface area contributed by atoms with Crippen LogP contribution in [0, 0.1) is 11.8 Å². The van der Waals surface area contributed by atoms with E-state index < -0.39 is 18.0 Å². The summed E-state index contributed by atoms with van der Waals surface area (Å²) in [5.74, 6) is -0.965. The molecule has 0 aromatic heterocycles. The molecular formula is C30H47N5O6. The van der Waals surface area contributed by atoms with Gasteiger partial charge in [-0.1, -0.05) is 39.8 Å². The Morgan fingerprint density at radius 3 is 2.49 bits per heavy atom. The van der Waals surface area contributed by atoms with Crippen molar-refractivity contribution in [1.82, 2.24) is 26.2 Å². The predicted octanol–water partition coefficient (Wildman–Crippen LogP) is 1.47. The number of carbonyl (C=O) groups is 4. The summed E-state index contributed by atoms with van der Waals surface area (Å²) in [5.41, 5.74) is 0.284. The lowest BCUT2D eigenvalue weighted by Gasteiger charge is -2.27. The largest absolute Gasteiger partial charge is 0.491 e. The molecule has 0 unspecified atom stereocenters. The van der Waals surface area contributed by atoms with Crippen LogP contribution in [-0.2, 0) is 19.1 Å². The van der Waals surface area contributed by atoms with Crippen molar-refractivity contribution in [3.8, 4) is 5.75 Å². The van der Waals surface area contributed by atoms with E-state index in [1.54, 1.807) is 24.3 Å². The molecule has 3 rings (SSSR count). The standard InChI is InChI=1S/C30H47N5O6/c1-20(2)18-22-19-41-25-9-6-5-8-23(25)28(37)33-24(10-11-26(36)34-27(21(3)4)30(39)32-22)29(38)31-12-7-13-35-14-16-40-17-15-35/h5-6,8-9,20-22,24,27H,7,10-19H2,1-4H3,(H,31,38)(H,32,39)(H,33,37)(H,34,36)/t22-,24-,27+/m0/s1. The van der Waals surface area contributed by atoms with Gasteiger partial charge in [0, 0.05) is 26.1 Å². The molecule has 11 nitrogen and oxygen atoms in total. The van der Waals surface area contributed by atoms with E-state index in [2.05, 4.69) is 40.0 Å². The molecule has 1 fully saturated rings. The second kappa shape index (κ2) is 16.3. The van der Waals surface area contributed by atoms with Crippen molar-refractivity contribution >= 4 is 23.6 Å². The minimum absolute atomic E-state index is 0.0315. The molecule has 0 aliphatic carbocycles. The lowest BCUT2D eigenvalue weighted by Crippen LogP contribution is -2.53. The Morgan fingerprint density at radius 1 is 1.05 bits per heavy atom. The monoisotopic (exact) mass is 573 g/mol. The van der Waals surface area contributed by atoms with E-state index >= 15 is 0 Å². The minimum atomic E-state index is -0.935. The fourth-order valence-corrected chi connectivity index (χ4v) is 5.02. The number of morpholine rings is 1. The lowest BCUT2D eigenvalue weighted by molar-refractivity contribution is -0.131. The molecule has 0 spiro atoms. The molecule has 0 radical (unpaired) electrons. The zero-order chi connectivity index (χ0) is 29.8. The normalized spacial score (nSPS) is 23.4. The number of nitrogens with zero attached hydrogens (tertiary/aromatic N) is 1. The molecular weight excluding hydrogens is 526 g/mol. The SMILES string of the molecule is CC(C)C[C@H]1COc2ccccc2C(=O)N[C@H](C(=O)NCCCN2CCOCC2)CCC(=O)N[C@H](C(C)C)C(=O)N1. The van der Waals surface area contributed by atoms with Gasteiger partial charge < -0.3 is 30.7 Å². The van der Waals surface area contributed by atoms with Crippen LogP contribution in [0.4, 0.5) is 0 Å². The van der Waals surface area contributed by atoms with E-state index in [4.69, 9.17) is 9.47 Å². The number of rotatable bonds is 8. The van der Waals surface area contributed by atoms with Crippen LogP contribution in [0.5, 0.6) is 5.75 Å². The summed E-state index contributed by atoms with van der Waals surface area (Å²) < 4.78 is 11.4. The Balaban J connectivity index is 1.77. The zero-order valence-corrected chi connectivity index (χ0v) is 24.9. The Kier molecular flexibility index (Phi) is 12.9. The Hall–Kier alpha value is -3.18. The van der Waals surface area contributed by atoms with E-state index in [0.29, 0.717) is 31.9 Å². The summed E-state index contributed by atoms with van der Waals surface area (Å²) in [5, 5.41) is 11.6. The third kappa shape index (κ3) is 10.6.